The van der Waals surface area contributed by atoms with Crippen LogP contribution in [0.5, 0.6) is 0 Å². The van der Waals surface area contributed by atoms with Crippen molar-refractivity contribution in [1.82, 2.24) is 9.97 Å². The van der Waals surface area contributed by atoms with Crippen LogP contribution in [0.4, 0.5) is 17.3 Å². The second-order valence-corrected chi connectivity index (χ2v) is 10.9. The standard InChI is InChI=1S/C26H40N5/c1-18(12-15-31-17-30(6)24-22(31)23(27)28-16-29-24)10-13-25(4)20(3)11-14-26(5)19(2)8-7-9-21(25)26/h8,12,16-17,20-21H,7,9-11,13-15H2,1-6H3,(H2,27,28,29)/q+1/p+1/t20-,21-,25-,26+/m0/s1. The molecule has 3 N–H and O–H groups in total. The van der Waals surface area contributed by atoms with Crippen molar-refractivity contribution in [2.45, 2.75) is 73.1 Å². The van der Waals surface area contributed by atoms with Crippen molar-refractivity contribution in [3.63, 3.8) is 0 Å². The second-order valence-electron chi connectivity index (χ2n) is 10.9. The first kappa shape index (κ1) is 22.2. The van der Waals surface area contributed by atoms with Crippen LogP contribution in [0.2, 0.25) is 0 Å². The molecule has 31 heavy (non-hydrogen) atoms. The van der Waals surface area contributed by atoms with Crippen LogP contribution >= 0.6 is 0 Å². The average Bonchev–Trinajstić information content (AvgIpc) is 3.07. The molecule has 3 aliphatic rings. The maximum absolute atomic E-state index is 6.16. The van der Waals surface area contributed by atoms with E-state index in [0.717, 1.165) is 29.9 Å². The third-order valence-corrected chi connectivity index (χ3v) is 9.18. The first-order valence-electron chi connectivity index (χ1n) is 12.0. The quantitative estimate of drug-likeness (QED) is 0.544. The number of hydrogen-bond donors (Lipinski definition) is 2. The number of nitrogens with zero attached hydrogens (tertiary/aromatic N) is 3. The summed E-state index contributed by atoms with van der Waals surface area (Å²) in [6, 6.07) is 0. The SMILES string of the molecule is CC(=CC[NH+]1C=[N+](C)c2ncnc(N)c21)CC[C@@]1(C)[C@@H](C)CC[C@]2(C)C(C)=CCC[C@@H]12. The summed E-state index contributed by atoms with van der Waals surface area (Å²) in [5.41, 5.74) is 11.1. The molecule has 2 heterocycles. The van der Waals surface area contributed by atoms with Crippen LogP contribution in [0.15, 0.2) is 29.6 Å². The molecule has 5 atom stereocenters. The zero-order chi connectivity index (χ0) is 22.4. The van der Waals surface area contributed by atoms with Gasteiger partial charge in [0.05, 0.1) is 7.05 Å². The van der Waals surface area contributed by atoms with Gasteiger partial charge in [-0.3, -0.25) is 0 Å². The number of anilines is 1. The Morgan fingerprint density at radius 1 is 1.32 bits per heavy atom. The van der Waals surface area contributed by atoms with Crippen LogP contribution in [0.25, 0.3) is 0 Å². The normalized spacial score (nSPS) is 35.3. The van der Waals surface area contributed by atoms with Crippen molar-refractivity contribution < 1.29 is 9.48 Å². The van der Waals surface area contributed by atoms with Crippen LogP contribution in [-0.4, -0.2) is 34.5 Å². The number of aromatic nitrogens is 2. The van der Waals surface area contributed by atoms with E-state index in [1.54, 1.807) is 11.9 Å². The van der Waals surface area contributed by atoms with Gasteiger partial charge in [-0.2, -0.15) is 9.56 Å². The summed E-state index contributed by atoms with van der Waals surface area (Å²) >= 11 is 0. The Balaban J connectivity index is 1.46. The first-order valence-corrected chi connectivity index (χ1v) is 12.0. The van der Waals surface area contributed by atoms with Crippen molar-refractivity contribution >= 4 is 23.7 Å². The molecule has 0 amide bonds. The van der Waals surface area contributed by atoms with Gasteiger partial charge in [-0.1, -0.05) is 38.0 Å². The monoisotopic (exact) mass is 423 g/mol. The largest absolute Gasteiger partial charge is 0.394 e. The molecule has 0 saturated heterocycles. The molecule has 2 aliphatic carbocycles. The lowest BCUT2D eigenvalue weighted by Crippen LogP contribution is -3.05. The zero-order valence-corrected chi connectivity index (χ0v) is 20.3. The van der Waals surface area contributed by atoms with Crippen molar-refractivity contribution in [3.05, 3.63) is 29.6 Å². The number of quaternary nitrogens is 1. The minimum atomic E-state index is 0.400. The molecule has 4 rings (SSSR count). The number of nitrogen functional groups attached to an aromatic ring is 1. The summed E-state index contributed by atoms with van der Waals surface area (Å²) in [4.78, 5) is 9.82. The van der Waals surface area contributed by atoms with Crippen molar-refractivity contribution in [2.75, 3.05) is 19.3 Å². The lowest BCUT2D eigenvalue weighted by molar-refractivity contribution is -0.724. The Labute approximate surface area is 188 Å². The molecule has 0 aromatic carbocycles. The molecule has 1 unspecified atom stereocenters. The Bertz CT molecular complexity index is 945. The maximum atomic E-state index is 6.16. The third-order valence-electron chi connectivity index (χ3n) is 9.18. The smallest absolute Gasteiger partial charge is 0.378 e. The molecule has 1 fully saturated rings. The van der Waals surface area contributed by atoms with Gasteiger partial charge in [0.25, 0.3) is 12.0 Å². The highest BCUT2D eigenvalue weighted by Gasteiger charge is 2.52. The molecule has 5 nitrogen and oxygen atoms in total. The van der Waals surface area contributed by atoms with Gasteiger partial charge in [-0.15, -0.1) is 0 Å². The fraction of sp³-hybridized carbons (Fsp3) is 0.654. The predicted molar refractivity (Wildman–Crippen MR) is 128 cm³/mol. The van der Waals surface area contributed by atoms with E-state index in [1.165, 1.54) is 49.0 Å². The van der Waals surface area contributed by atoms with Crippen LogP contribution in [0, 0.1) is 22.7 Å². The molecule has 0 spiro atoms. The molecule has 0 radical (unpaired) electrons. The number of allylic oxidation sites excluding steroid dienone is 3. The van der Waals surface area contributed by atoms with E-state index in [4.69, 9.17) is 5.73 Å². The second kappa shape index (κ2) is 8.16. The number of rotatable bonds is 5. The van der Waals surface area contributed by atoms with Crippen LogP contribution < -0.4 is 10.6 Å². The van der Waals surface area contributed by atoms with E-state index >= 15 is 0 Å². The highest BCUT2D eigenvalue weighted by atomic mass is 15.3. The third kappa shape index (κ3) is 3.75. The Kier molecular flexibility index (Phi) is 5.84. The fourth-order valence-electron chi connectivity index (χ4n) is 6.66. The van der Waals surface area contributed by atoms with Gasteiger partial charge in [0, 0.05) is 0 Å². The minimum absolute atomic E-state index is 0.400. The zero-order valence-electron chi connectivity index (χ0n) is 20.3. The summed E-state index contributed by atoms with van der Waals surface area (Å²) < 4.78 is 2.05. The number of fused-ring (bicyclic) bond motifs is 2. The molecular formula is C26H41N5+2. The topological polar surface area (TPSA) is 59.2 Å². The van der Waals surface area contributed by atoms with Crippen LogP contribution in [0.1, 0.15) is 73.1 Å². The predicted octanol–water partition coefficient (Wildman–Crippen LogP) is 4.42. The molecule has 1 aromatic heterocycles. The fourth-order valence-corrected chi connectivity index (χ4v) is 6.66. The van der Waals surface area contributed by atoms with Gasteiger partial charge >= 0.3 is 5.82 Å². The molecule has 0 bridgehead atoms. The number of nitrogens with one attached hydrogen (secondary N) is 1. The summed E-state index contributed by atoms with van der Waals surface area (Å²) in [5.74, 6) is 3.09. The van der Waals surface area contributed by atoms with E-state index in [0.29, 0.717) is 16.6 Å². The maximum Gasteiger partial charge on any atom is 0.394 e. The van der Waals surface area contributed by atoms with Crippen molar-refractivity contribution in [2.24, 2.45) is 22.7 Å². The lowest BCUT2D eigenvalue weighted by atomic mass is 9.47. The van der Waals surface area contributed by atoms with E-state index in [9.17, 15) is 0 Å². The lowest BCUT2D eigenvalue weighted by Gasteiger charge is -2.58. The van der Waals surface area contributed by atoms with Gasteiger partial charge in [-0.25, -0.2) is 4.90 Å². The van der Waals surface area contributed by atoms with Crippen molar-refractivity contribution in [1.29, 1.82) is 0 Å². The minimum Gasteiger partial charge on any atom is -0.378 e. The highest BCUT2D eigenvalue weighted by Crippen LogP contribution is 2.61. The Morgan fingerprint density at radius 3 is 2.87 bits per heavy atom. The molecule has 1 aromatic rings. The number of nitrogens with two attached hydrogens (primary N) is 1. The van der Waals surface area contributed by atoms with Gasteiger partial charge in [-0.05, 0) is 86.1 Å². The summed E-state index contributed by atoms with van der Waals surface area (Å²) in [5, 5.41) is 0. The van der Waals surface area contributed by atoms with Crippen molar-refractivity contribution in [3.8, 4) is 0 Å². The highest BCUT2D eigenvalue weighted by molar-refractivity contribution is 5.69. The average molecular weight is 424 g/mol. The Hall–Kier alpha value is -2.01. The van der Waals surface area contributed by atoms with Gasteiger partial charge in [0.1, 0.15) is 6.54 Å². The van der Waals surface area contributed by atoms with E-state index in [1.807, 2.05) is 7.05 Å². The molecule has 5 heteroatoms. The van der Waals surface area contributed by atoms with E-state index in [-0.39, 0.29) is 0 Å². The van der Waals surface area contributed by atoms with E-state index in [2.05, 4.69) is 67.7 Å². The summed E-state index contributed by atoms with van der Waals surface area (Å²) in [7, 11) is 2.03. The van der Waals surface area contributed by atoms with Gasteiger partial charge in [0.2, 0.25) is 6.33 Å². The van der Waals surface area contributed by atoms with Gasteiger partial charge in [0.15, 0.2) is 5.82 Å². The van der Waals surface area contributed by atoms with Gasteiger partial charge < -0.3 is 5.73 Å². The van der Waals surface area contributed by atoms with Crippen LogP contribution in [-0.2, 0) is 0 Å². The van der Waals surface area contributed by atoms with E-state index < -0.39 is 0 Å². The summed E-state index contributed by atoms with van der Waals surface area (Å²) in [6.45, 7) is 13.2. The number of hydrogen-bond acceptors (Lipinski definition) is 3. The molecular weight excluding hydrogens is 382 g/mol. The molecule has 1 aliphatic heterocycles. The van der Waals surface area contributed by atoms with Crippen LogP contribution in [0.3, 0.4) is 0 Å². The molecule has 1 saturated carbocycles. The molecule has 168 valence electrons. The Morgan fingerprint density at radius 2 is 2.10 bits per heavy atom. The first-order chi connectivity index (χ1) is 14.7. The summed E-state index contributed by atoms with van der Waals surface area (Å²) in [6.07, 6.45) is 16.4.